The molecule has 0 aromatic heterocycles. The second kappa shape index (κ2) is 4.00. The number of carbonyl (C=O) groups is 1. The molecule has 2 rings (SSSR count). The largest absolute Gasteiger partial charge is 0.415 e. The van der Waals surface area contributed by atoms with Crippen LogP contribution in [0.3, 0.4) is 0 Å². The van der Waals surface area contributed by atoms with Gasteiger partial charge in [0.05, 0.1) is 6.04 Å². The van der Waals surface area contributed by atoms with E-state index < -0.39 is 0 Å². The van der Waals surface area contributed by atoms with Crippen LogP contribution in [0.2, 0.25) is 0 Å². The molecule has 16 heavy (non-hydrogen) atoms. The van der Waals surface area contributed by atoms with Crippen molar-refractivity contribution in [1.29, 1.82) is 0 Å². The Bertz CT molecular complexity index is 413. The van der Waals surface area contributed by atoms with Crippen LogP contribution in [0, 0.1) is 0 Å². The molecule has 0 aliphatic carbocycles. The van der Waals surface area contributed by atoms with E-state index in [2.05, 4.69) is 25.6 Å². The predicted octanol–water partition coefficient (Wildman–Crippen LogP) is 2.75. The molecule has 1 aromatic rings. The number of amides is 1. The zero-order valence-corrected chi connectivity index (χ0v) is 9.51. The molecule has 1 saturated heterocycles. The maximum absolute atomic E-state index is 11.4. The van der Waals surface area contributed by atoms with E-state index >= 15 is 0 Å². The quantitative estimate of drug-likeness (QED) is 0.762. The summed E-state index contributed by atoms with van der Waals surface area (Å²) in [6.45, 7) is 5.87. The number of carbonyl (C=O) groups excluding carboxylic acids is 1. The molecule has 0 N–H and O–H groups in total. The van der Waals surface area contributed by atoms with Crippen LogP contribution in [0.4, 0.5) is 4.79 Å². The summed E-state index contributed by atoms with van der Waals surface area (Å²) in [5.41, 5.74) is 1.18. The van der Waals surface area contributed by atoms with Gasteiger partial charge in [0, 0.05) is 13.0 Å². The fourth-order valence-corrected chi connectivity index (χ4v) is 2.13. The van der Waals surface area contributed by atoms with Gasteiger partial charge in [0.1, 0.15) is 5.76 Å². The normalized spacial score (nSPS) is 22.1. The van der Waals surface area contributed by atoms with Crippen molar-refractivity contribution in [2.24, 2.45) is 0 Å². The van der Waals surface area contributed by atoms with Crippen LogP contribution in [0.15, 0.2) is 42.7 Å². The van der Waals surface area contributed by atoms with E-state index in [9.17, 15) is 4.79 Å². The molecule has 1 aliphatic heterocycles. The van der Waals surface area contributed by atoms with Crippen molar-refractivity contribution in [2.75, 3.05) is 7.05 Å². The molecular formula is C13H15NO2. The first-order chi connectivity index (χ1) is 7.61. The molecule has 84 valence electrons. The summed E-state index contributed by atoms with van der Waals surface area (Å²) < 4.78 is 5.02. The molecule has 0 spiro atoms. The van der Waals surface area contributed by atoms with E-state index in [0.717, 1.165) is 0 Å². The zero-order valence-electron chi connectivity index (χ0n) is 9.51. The van der Waals surface area contributed by atoms with Gasteiger partial charge in [-0.05, 0) is 5.56 Å². The average molecular weight is 217 g/mol. The lowest BCUT2D eigenvalue weighted by Crippen LogP contribution is -2.32. The number of ether oxygens (including phenoxy) is 1. The first kappa shape index (κ1) is 10.7. The standard InChI is InChI=1S/C13H15NO2/c1-9(11-7-5-4-6-8-11)12-10(2)16-13(15)14(12)3/h4-9,12H,2H2,1,3H3. The van der Waals surface area contributed by atoms with Gasteiger partial charge in [-0.2, -0.15) is 0 Å². The van der Waals surface area contributed by atoms with Gasteiger partial charge in [-0.25, -0.2) is 4.79 Å². The third kappa shape index (κ3) is 1.69. The summed E-state index contributed by atoms with van der Waals surface area (Å²) >= 11 is 0. The third-order valence-electron chi connectivity index (χ3n) is 3.05. The second-order valence-electron chi connectivity index (χ2n) is 4.09. The highest BCUT2D eigenvalue weighted by molar-refractivity contribution is 5.72. The zero-order chi connectivity index (χ0) is 11.7. The van der Waals surface area contributed by atoms with Crippen LogP contribution in [0.25, 0.3) is 0 Å². The van der Waals surface area contributed by atoms with E-state index in [1.807, 2.05) is 18.2 Å². The molecule has 0 saturated carbocycles. The molecule has 1 heterocycles. The Morgan fingerprint density at radius 2 is 2.00 bits per heavy atom. The topological polar surface area (TPSA) is 29.5 Å². The minimum atomic E-state index is -0.321. The Morgan fingerprint density at radius 3 is 2.50 bits per heavy atom. The Hall–Kier alpha value is -1.77. The molecule has 2 atom stereocenters. The molecule has 0 radical (unpaired) electrons. The minimum Gasteiger partial charge on any atom is -0.413 e. The van der Waals surface area contributed by atoms with Crippen molar-refractivity contribution in [3.05, 3.63) is 48.2 Å². The van der Waals surface area contributed by atoms with Crippen LogP contribution in [0.5, 0.6) is 0 Å². The minimum absolute atomic E-state index is 0.0742. The monoisotopic (exact) mass is 217 g/mol. The Labute approximate surface area is 95.3 Å². The number of hydrogen-bond donors (Lipinski definition) is 0. The summed E-state index contributed by atoms with van der Waals surface area (Å²) in [6.07, 6.45) is -0.321. The van der Waals surface area contributed by atoms with Gasteiger partial charge in [0.25, 0.3) is 0 Å². The van der Waals surface area contributed by atoms with Gasteiger partial charge < -0.3 is 9.64 Å². The van der Waals surface area contributed by atoms with Crippen molar-refractivity contribution >= 4 is 6.09 Å². The first-order valence-corrected chi connectivity index (χ1v) is 5.29. The molecular weight excluding hydrogens is 202 g/mol. The lowest BCUT2D eigenvalue weighted by Gasteiger charge is -2.23. The van der Waals surface area contributed by atoms with Crippen LogP contribution in [-0.2, 0) is 4.74 Å². The molecule has 1 amide bonds. The van der Waals surface area contributed by atoms with Crippen molar-refractivity contribution in [3.8, 4) is 0 Å². The molecule has 1 fully saturated rings. The van der Waals surface area contributed by atoms with Crippen molar-refractivity contribution < 1.29 is 9.53 Å². The third-order valence-corrected chi connectivity index (χ3v) is 3.05. The Kier molecular flexibility index (Phi) is 2.69. The Morgan fingerprint density at radius 1 is 1.38 bits per heavy atom. The maximum Gasteiger partial charge on any atom is 0.415 e. The first-order valence-electron chi connectivity index (χ1n) is 5.29. The van der Waals surface area contributed by atoms with Crippen LogP contribution < -0.4 is 0 Å². The summed E-state index contributed by atoms with van der Waals surface area (Å²) in [4.78, 5) is 13.0. The Balaban J connectivity index is 2.26. The van der Waals surface area contributed by atoms with Crippen molar-refractivity contribution in [1.82, 2.24) is 4.90 Å². The second-order valence-corrected chi connectivity index (χ2v) is 4.09. The van der Waals surface area contributed by atoms with Gasteiger partial charge in [0.15, 0.2) is 0 Å². The fourth-order valence-electron chi connectivity index (χ4n) is 2.13. The molecule has 3 heteroatoms. The lowest BCUT2D eigenvalue weighted by atomic mass is 9.92. The number of hydrogen-bond acceptors (Lipinski definition) is 2. The molecule has 1 aliphatic rings. The molecule has 1 aromatic carbocycles. The van der Waals surface area contributed by atoms with Gasteiger partial charge in [0.2, 0.25) is 0 Å². The predicted molar refractivity (Wildman–Crippen MR) is 62.0 cm³/mol. The highest BCUT2D eigenvalue weighted by Crippen LogP contribution is 2.32. The molecule has 2 unspecified atom stereocenters. The van der Waals surface area contributed by atoms with E-state index in [0.29, 0.717) is 5.76 Å². The van der Waals surface area contributed by atoms with Gasteiger partial charge in [-0.15, -0.1) is 0 Å². The SMILES string of the molecule is C=C1OC(=O)N(C)C1C(C)c1ccccc1. The van der Waals surface area contributed by atoms with Crippen LogP contribution in [-0.4, -0.2) is 24.1 Å². The van der Waals surface area contributed by atoms with E-state index in [1.54, 1.807) is 11.9 Å². The summed E-state index contributed by atoms with van der Waals surface area (Å²) in [6, 6.07) is 9.99. The van der Waals surface area contributed by atoms with Crippen LogP contribution in [0.1, 0.15) is 18.4 Å². The van der Waals surface area contributed by atoms with Crippen molar-refractivity contribution in [2.45, 2.75) is 18.9 Å². The smallest absolute Gasteiger partial charge is 0.413 e. The van der Waals surface area contributed by atoms with E-state index in [4.69, 9.17) is 4.74 Å². The number of benzene rings is 1. The van der Waals surface area contributed by atoms with Crippen LogP contribution >= 0.6 is 0 Å². The fraction of sp³-hybridized carbons (Fsp3) is 0.308. The van der Waals surface area contributed by atoms with Gasteiger partial charge in [-0.3, -0.25) is 0 Å². The number of cyclic esters (lactones) is 1. The molecule has 3 nitrogen and oxygen atoms in total. The highest BCUT2D eigenvalue weighted by atomic mass is 16.6. The van der Waals surface area contributed by atoms with Gasteiger partial charge in [-0.1, -0.05) is 43.8 Å². The van der Waals surface area contributed by atoms with E-state index in [1.165, 1.54) is 5.56 Å². The number of nitrogens with zero attached hydrogens (tertiary/aromatic N) is 1. The highest BCUT2D eigenvalue weighted by Gasteiger charge is 2.37. The number of likely N-dealkylation sites (N-methyl/N-ethyl adjacent to an activating group) is 1. The number of rotatable bonds is 2. The summed E-state index contributed by atoms with van der Waals surface area (Å²) in [7, 11) is 1.74. The summed E-state index contributed by atoms with van der Waals surface area (Å²) in [5.74, 6) is 0.717. The lowest BCUT2D eigenvalue weighted by molar-refractivity contribution is 0.172. The maximum atomic E-state index is 11.4. The van der Waals surface area contributed by atoms with Gasteiger partial charge >= 0.3 is 6.09 Å². The van der Waals surface area contributed by atoms with Crippen molar-refractivity contribution in [3.63, 3.8) is 0 Å². The summed E-state index contributed by atoms with van der Waals surface area (Å²) in [5, 5.41) is 0. The molecule has 0 bridgehead atoms. The average Bonchev–Trinajstić information content (AvgIpc) is 2.54. The van der Waals surface area contributed by atoms with E-state index in [-0.39, 0.29) is 18.1 Å².